The van der Waals surface area contributed by atoms with Crippen LogP contribution >= 0.6 is 0 Å². The molecule has 0 aromatic heterocycles. The first-order chi connectivity index (χ1) is 41.3. The molecule has 19 heteroatoms. The van der Waals surface area contributed by atoms with Crippen LogP contribution in [0.4, 0.5) is 0 Å². The van der Waals surface area contributed by atoms with Crippen LogP contribution in [0.1, 0.15) is 245 Å². The standard InChI is InChI=1S/C66H121NO18/c1-3-5-7-9-11-13-15-16-17-18-19-20-21-22-23-24-25-26-27-28-29-30-31-32-33-34-35-37-39-41-43-50(71)49(67-54(72)44-42-40-38-36-14-12-10-8-6-4-2)48-80-64-60(78)57(75)62(52(46-69)82-64)85-66-61(79)58(76)63(53(47-70)83-66)84-65-59(77)56(74)55(73)51(45-68)81-65/h8,10,34-35,41,43,49-53,55-66,68-71,73-79H,3-7,9,11-33,36-40,42,44-48H2,1-2H3,(H,67,72)/b10-8-,35-34+,43-41+. The van der Waals surface area contributed by atoms with E-state index in [1.54, 1.807) is 6.08 Å². The molecule has 1 amide bonds. The van der Waals surface area contributed by atoms with Crippen LogP contribution in [0, 0.1) is 0 Å². The molecule has 3 aliphatic heterocycles. The van der Waals surface area contributed by atoms with E-state index in [2.05, 4.69) is 43.5 Å². The zero-order valence-electron chi connectivity index (χ0n) is 52.3. The number of carbonyl (C=O) groups excluding carboxylic acids is 1. The number of hydrogen-bond acceptors (Lipinski definition) is 18. The molecule has 12 N–H and O–H groups in total. The van der Waals surface area contributed by atoms with Crippen molar-refractivity contribution < 1.29 is 89.4 Å². The Bertz CT molecular complexity index is 1690. The predicted octanol–water partition coefficient (Wildman–Crippen LogP) is 8.05. The Balaban J connectivity index is 1.39. The third-order valence-corrected chi connectivity index (χ3v) is 16.9. The number of ether oxygens (including phenoxy) is 6. The molecule has 3 fully saturated rings. The van der Waals surface area contributed by atoms with E-state index in [0.717, 1.165) is 64.2 Å². The SMILES string of the molecule is CCC/C=C\CCCCCCCC(=O)NC(COC1OC(CO)C(OC2OC(CO)C(OC3OC(CO)C(O)C(O)C3O)C(O)C2O)C(O)C1O)C(O)/C=C/CC/C=C/CCCCCCCCCCCCCCCCCCCCCCCCCC. The first-order valence-corrected chi connectivity index (χ1v) is 33.7. The molecule has 0 spiro atoms. The largest absolute Gasteiger partial charge is 0.394 e. The Morgan fingerprint density at radius 1 is 0.412 bits per heavy atom. The maximum Gasteiger partial charge on any atom is 0.220 e. The van der Waals surface area contributed by atoms with Gasteiger partial charge in [0, 0.05) is 6.42 Å². The van der Waals surface area contributed by atoms with Gasteiger partial charge in [-0.05, 0) is 51.4 Å². The first-order valence-electron chi connectivity index (χ1n) is 33.7. The minimum Gasteiger partial charge on any atom is -0.394 e. The molecule has 0 saturated carbocycles. The van der Waals surface area contributed by atoms with Crippen LogP contribution in [0.15, 0.2) is 36.5 Å². The van der Waals surface area contributed by atoms with Gasteiger partial charge in [0.25, 0.3) is 0 Å². The number of unbranched alkanes of at least 4 members (excludes halogenated alkanes) is 31. The van der Waals surface area contributed by atoms with Gasteiger partial charge in [-0.25, -0.2) is 0 Å². The fraction of sp³-hybridized carbons (Fsp3) is 0.894. The van der Waals surface area contributed by atoms with Gasteiger partial charge in [-0.2, -0.15) is 0 Å². The lowest BCUT2D eigenvalue weighted by Gasteiger charge is -2.48. The van der Waals surface area contributed by atoms with Crippen LogP contribution in [-0.2, 0) is 33.2 Å². The second-order valence-corrected chi connectivity index (χ2v) is 24.3. The molecule has 3 aliphatic rings. The molecule has 0 aromatic rings. The highest BCUT2D eigenvalue weighted by Crippen LogP contribution is 2.33. The normalized spacial score (nSPS) is 29.2. The van der Waals surface area contributed by atoms with Gasteiger partial charge in [0.1, 0.15) is 73.2 Å². The minimum absolute atomic E-state index is 0.224. The highest BCUT2D eigenvalue weighted by Gasteiger charge is 2.53. The second-order valence-electron chi connectivity index (χ2n) is 24.3. The molecule has 0 aliphatic carbocycles. The van der Waals surface area contributed by atoms with Crippen molar-refractivity contribution in [1.82, 2.24) is 5.32 Å². The van der Waals surface area contributed by atoms with Crippen LogP contribution in [0.2, 0.25) is 0 Å². The van der Waals surface area contributed by atoms with Gasteiger partial charge in [0.05, 0.1) is 38.6 Å². The van der Waals surface area contributed by atoms with Crippen molar-refractivity contribution in [3.8, 4) is 0 Å². The third kappa shape index (κ3) is 31.5. The maximum absolute atomic E-state index is 13.3. The van der Waals surface area contributed by atoms with Crippen molar-refractivity contribution in [2.75, 3.05) is 26.4 Å². The number of amides is 1. The fourth-order valence-electron chi connectivity index (χ4n) is 11.4. The Hall–Kier alpha value is -1.99. The number of allylic oxidation sites excluding steroid dienone is 5. The van der Waals surface area contributed by atoms with Gasteiger partial charge >= 0.3 is 0 Å². The third-order valence-electron chi connectivity index (χ3n) is 16.9. The van der Waals surface area contributed by atoms with Crippen molar-refractivity contribution >= 4 is 5.91 Å². The summed E-state index contributed by atoms with van der Waals surface area (Å²) in [5.74, 6) is -0.297. The van der Waals surface area contributed by atoms with E-state index in [-0.39, 0.29) is 18.9 Å². The second kappa shape index (κ2) is 48.8. The van der Waals surface area contributed by atoms with E-state index in [1.165, 1.54) is 148 Å². The average molecular weight is 1220 g/mol. The topological polar surface area (TPSA) is 307 Å². The Morgan fingerprint density at radius 2 is 0.776 bits per heavy atom. The number of rotatable bonds is 51. The van der Waals surface area contributed by atoms with Gasteiger partial charge < -0.3 is 89.9 Å². The minimum atomic E-state index is -1.98. The van der Waals surface area contributed by atoms with Crippen LogP contribution < -0.4 is 5.32 Å². The molecule has 3 saturated heterocycles. The highest BCUT2D eigenvalue weighted by atomic mass is 16.8. The van der Waals surface area contributed by atoms with Crippen LogP contribution in [0.25, 0.3) is 0 Å². The van der Waals surface area contributed by atoms with E-state index in [4.69, 9.17) is 28.4 Å². The molecule has 0 radical (unpaired) electrons. The molecular weight excluding hydrogens is 1090 g/mol. The summed E-state index contributed by atoms with van der Waals surface area (Å²) in [6.07, 6.45) is 28.9. The van der Waals surface area contributed by atoms with Crippen molar-refractivity contribution in [2.24, 2.45) is 0 Å². The Kier molecular flexibility index (Phi) is 44.4. The van der Waals surface area contributed by atoms with Gasteiger partial charge in [-0.3, -0.25) is 4.79 Å². The zero-order valence-corrected chi connectivity index (χ0v) is 52.3. The Labute approximate surface area is 511 Å². The predicted molar refractivity (Wildman–Crippen MR) is 328 cm³/mol. The molecule has 0 aromatic carbocycles. The number of hydrogen-bond donors (Lipinski definition) is 12. The summed E-state index contributed by atoms with van der Waals surface area (Å²) >= 11 is 0. The molecule has 19 nitrogen and oxygen atoms in total. The van der Waals surface area contributed by atoms with E-state index in [1.807, 2.05) is 6.08 Å². The van der Waals surface area contributed by atoms with Crippen LogP contribution in [0.5, 0.6) is 0 Å². The fourth-order valence-corrected chi connectivity index (χ4v) is 11.4. The summed E-state index contributed by atoms with van der Waals surface area (Å²) in [6, 6.07) is -0.992. The molecule has 17 unspecified atom stereocenters. The van der Waals surface area contributed by atoms with E-state index in [9.17, 15) is 61.0 Å². The lowest BCUT2D eigenvalue weighted by Crippen LogP contribution is -2.66. The lowest BCUT2D eigenvalue weighted by molar-refractivity contribution is -0.379. The van der Waals surface area contributed by atoms with Gasteiger partial charge in [-0.1, -0.05) is 224 Å². The van der Waals surface area contributed by atoms with Gasteiger partial charge in [0.15, 0.2) is 18.9 Å². The summed E-state index contributed by atoms with van der Waals surface area (Å²) in [7, 11) is 0. The first kappa shape index (κ1) is 77.3. The lowest BCUT2D eigenvalue weighted by atomic mass is 9.96. The monoisotopic (exact) mass is 1220 g/mol. The summed E-state index contributed by atoms with van der Waals surface area (Å²) in [5, 5.41) is 120. The summed E-state index contributed by atoms with van der Waals surface area (Å²) in [6.45, 7) is 1.64. The molecule has 0 bridgehead atoms. The summed E-state index contributed by atoms with van der Waals surface area (Å²) in [5.41, 5.74) is 0. The van der Waals surface area contributed by atoms with Gasteiger partial charge in [0.2, 0.25) is 5.91 Å². The van der Waals surface area contributed by atoms with E-state index >= 15 is 0 Å². The highest BCUT2D eigenvalue weighted by molar-refractivity contribution is 5.76. The Morgan fingerprint density at radius 3 is 1.22 bits per heavy atom. The van der Waals surface area contributed by atoms with E-state index in [0.29, 0.717) is 12.8 Å². The van der Waals surface area contributed by atoms with Crippen molar-refractivity contribution in [3.63, 3.8) is 0 Å². The van der Waals surface area contributed by atoms with Crippen molar-refractivity contribution in [1.29, 1.82) is 0 Å². The number of aliphatic hydroxyl groups is 11. The smallest absolute Gasteiger partial charge is 0.220 e. The molecule has 3 heterocycles. The van der Waals surface area contributed by atoms with E-state index < -0.39 is 124 Å². The molecule has 498 valence electrons. The number of nitrogens with one attached hydrogen (secondary N) is 1. The van der Waals surface area contributed by atoms with Gasteiger partial charge in [-0.15, -0.1) is 0 Å². The molecule has 3 rings (SSSR count). The molecule has 85 heavy (non-hydrogen) atoms. The zero-order chi connectivity index (χ0) is 61.9. The maximum atomic E-state index is 13.3. The van der Waals surface area contributed by atoms with Crippen molar-refractivity contribution in [3.05, 3.63) is 36.5 Å². The average Bonchev–Trinajstić information content (AvgIpc) is 2.40. The van der Waals surface area contributed by atoms with Crippen LogP contribution in [-0.4, -0.2) is 193 Å². The number of aliphatic hydroxyl groups excluding tert-OH is 11. The number of carbonyl (C=O) groups is 1. The quantitative estimate of drug-likeness (QED) is 0.0202. The molecular formula is C66H121NO18. The van der Waals surface area contributed by atoms with Crippen LogP contribution in [0.3, 0.4) is 0 Å². The summed E-state index contributed by atoms with van der Waals surface area (Å²) < 4.78 is 34.2. The van der Waals surface area contributed by atoms with Crippen molar-refractivity contribution in [2.45, 2.75) is 349 Å². The molecule has 17 atom stereocenters. The summed E-state index contributed by atoms with van der Waals surface area (Å²) in [4.78, 5) is 13.3.